The second-order valence-corrected chi connectivity index (χ2v) is 8.04. The van der Waals surface area contributed by atoms with Crippen molar-refractivity contribution in [2.75, 3.05) is 4.90 Å². The standard InChI is InChI=1S/C21H15F4N3O2S/c1-10-20(31-9-26-10)21(30)28(14-6-12(22)5-13(23)7-14)8-11-4-17(29)27-19-15(11)2-3-16(24)18(19)25/h2-7,9-10,20H,8H2,1H3,(H,27,29). The Hall–Kier alpha value is -3.14. The van der Waals surface area contributed by atoms with E-state index in [1.54, 1.807) is 6.92 Å². The summed E-state index contributed by atoms with van der Waals surface area (Å²) in [6.07, 6.45) is 0. The van der Waals surface area contributed by atoms with E-state index >= 15 is 0 Å². The molecule has 2 atom stereocenters. The number of halogens is 4. The van der Waals surface area contributed by atoms with E-state index in [-0.39, 0.29) is 34.7 Å². The lowest BCUT2D eigenvalue weighted by Gasteiger charge is -2.27. The summed E-state index contributed by atoms with van der Waals surface area (Å²) in [6, 6.07) is 5.57. The summed E-state index contributed by atoms with van der Waals surface area (Å²) >= 11 is 1.16. The Balaban J connectivity index is 1.84. The van der Waals surface area contributed by atoms with E-state index in [9.17, 15) is 27.2 Å². The molecular formula is C21H15F4N3O2S. The van der Waals surface area contributed by atoms with Crippen LogP contribution in [0.25, 0.3) is 10.9 Å². The highest BCUT2D eigenvalue weighted by Crippen LogP contribution is 2.30. The Morgan fingerprint density at radius 3 is 2.48 bits per heavy atom. The molecule has 1 aliphatic heterocycles. The lowest BCUT2D eigenvalue weighted by Crippen LogP contribution is -2.40. The number of aromatic amines is 1. The Kier molecular flexibility index (Phi) is 5.57. The lowest BCUT2D eigenvalue weighted by molar-refractivity contribution is -0.118. The molecule has 0 aliphatic carbocycles. The fourth-order valence-corrected chi connectivity index (χ4v) is 4.37. The third-order valence-corrected chi connectivity index (χ3v) is 6.06. The van der Waals surface area contributed by atoms with Crippen LogP contribution in [-0.4, -0.2) is 27.7 Å². The quantitative estimate of drug-likeness (QED) is 0.609. The van der Waals surface area contributed by atoms with Gasteiger partial charge in [0.25, 0.3) is 0 Å². The van der Waals surface area contributed by atoms with Gasteiger partial charge in [-0.3, -0.25) is 14.6 Å². The molecule has 0 bridgehead atoms. The maximum absolute atomic E-state index is 14.2. The number of hydrogen-bond acceptors (Lipinski definition) is 4. The van der Waals surface area contributed by atoms with E-state index in [4.69, 9.17) is 0 Å². The number of anilines is 1. The molecule has 1 aromatic heterocycles. The molecule has 1 amide bonds. The number of benzene rings is 2. The summed E-state index contributed by atoms with van der Waals surface area (Å²) in [5.41, 5.74) is 0.577. The molecule has 1 aliphatic rings. The van der Waals surface area contributed by atoms with Gasteiger partial charge in [-0.05, 0) is 36.8 Å². The maximum Gasteiger partial charge on any atom is 0.248 e. The van der Waals surface area contributed by atoms with E-state index in [1.165, 1.54) is 11.6 Å². The zero-order chi connectivity index (χ0) is 22.3. The van der Waals surface area contributed by atoms with Crippen LogP contribution in [0.1, 0.15) is 12.5 Å². The van der Waals surface area contributed by atoms with Gasteiger partial charge in [-0.2, -0.15) is 0 Å². The highest BCUT2D eigenvalue weighted by Gasteiger charge is 2.33. The minimum Gasteiger partial charge on any atom is -0.319 e. The third-order valence-electron chi connectivity index (χ3n) is 4.93. The molecule has 2 unspecified atom stereocenters. The maximum atomic E-state index is 14.2. The van der Waals surface area contributed by atoms with Gasteiger partial charge >= 0.3 is 0 Å². The van der Waals surface area contributed by atoms with Gasteiger partial charge in [-0.25, -0.2) is 17.6 Å². The number of aromatic nitrogens is 1. The zero-order valence-corrected chi connectivity index (χ0v) is 16.9. The van der Waals surface area contributed by atoms with Crippen molar-refractivity contribution in [3.8, 4) is 0 Å². The van der Waals surface area contributed by atoms with Crippen molar-refractivity contribution >= 4 is 39.8 Å². The van der Waals surface area contributed by atoms with Crippen LogP contribution in [0.2, 0.25) is 0 Å². The molecule has 0 fully saturated rings. The summed E-state index contributed by atoms with van der Waals surface area (Å²) in [5.74, 6) is -4.65. The van der Waals surface area contributed by atoms with Crippen LogP contribution in [0, 0.1) is 23.3 Å². The molecule has 10 heteroatoms. The van der Waals surface area contributed by atoms with Gasteiger partial charge < -0.3 is 9.88 Å². The van der Waals surface area contributed by atoms with Crippen molar-refractivity contribution in [1.29, 1.82) is 0 Å². The number of H-pyrrole nitrogens is 1. The highest BCUT2D eigenvalue weighted by molar-refractivity contribution is 8.13. The number of pyridine rings is 1. The zero-order valence-electron chi connectivity index (χ0n) is 16.0. The number of aliphatic imine (C=N–C) groups is 1. The molecule has 160 valence electrons. The van der Waals surface area contributed by atoms with Crippen LogP contribution < -0.4 is 10.5 Å². The molecule has 5 nitrogen and oxygen atoms in total. The summed E-state index contributed by atoms with van der Waals surface area (Å²) < 4.78 is 55.7. The SMILES string of the molecule is CC1N=CSC1C(=O)N(Cc1cc(=O)[nH]c2c(F)c(F)ccc12)c1cc(F)cc(F)c1. The number of carbonyl (C=O) groups excluding carboxylic acids is 1. The van der Waals surface area contributed by atoms with Crippen molar-refractivity contribution in [2.45, 2.75) is 24.8 Å². The van der Waals surface area contributed by atoms with Crippen LogP contribution in [0.4, 0.5) is 23.2 Å². The van der Waals surface area contributed by atoms with Crippen LogP contribution in [0.3, 0.4) is 0 Å². The topological polar surface area (TPSA) is 65.5 Å². The highest BCUT2D eigenvalue weighted by atomic mass is 32.2. The predicted octanol–water partition coefficient (Wildman–Crippen LogP) is 4.15. The normalized spacial score (nSPS) is 18.0. The van der Waals surface area contributed by atoms with E-state index in [1.807, 2.05) is 0 Å². The summed E-state index contributed by atoms with van der Waals surface area (Å²) in [6.45, 7) is 1.43. The third kappa shape index (κ3) is 4.07. The van der Waals surface area contributed by atoms with Crippen molar-refractivity contribution < 1.29 is 22.4 Å². The van der Waals surface area contributed by atoms with Gasteiger partial charge in [0, 0.05) is 23.2 Å². The first-order valence-corrected chi connectivity index (χ1v) is 10.1. The average molecular weight is 449 g/mol. The van der Waals surface area contributed by atoms with Gasteiger partial charge in [0.1, 0.15) is 16.9 Å². The molecule has 4 rings (SSSR count). The monoisotopic (exact) mass is 449 g/mol. The van der Waals surface area contributed by atoms with Gasteiger partial charge in [-0.15, -0.1) is 0 Å². The van der Waals surface area contributed by atoms with Crippen molar-refractivity contribution in [3.05, 3.63) is 75.6 Å². The van der Waals surface area contributed by atoms with Crippen molar-refractivity contribution in [1.82, 2.24) is 4.98 Å². The molecule has 0 saturated heterocycles. The van der Waals surface area contributed by atoms with E-state index < -0.39 is 40.0 Å². The Morgan fingerprint density at radius 2 is 1.84 bits per heavy atom. The van der Waals surface area contributed by atoms with E-state index in [2.05, 4.69) is 9.98 Å². The number of thioether (sulfide) groups is 1. The number of hydrogen-bond donors (Lipinski definition) is 1. The number of amides is 1. The molecular weight excluding hydrogens is 434 g/mol. The van der Waals surface area contributed by atoms with E-state index in [0.717, 1.165) is 40.9 Å². The first-order valence-electron chi connectivity index (χ1n) is 9.19. The number of fused-ring (bicyclic) bond motifs is 1. The largest absolute Gasteiger partial charge is 0.319 e. The molecule has 2 heterocycles. The number of nitrogens with zero attached hydrogens (tertiary/aromatic N) is 2. The molecule has 0 spiro atoms. The lowest BCUT2D eigenvalue weighted by atomic mass is 10.1. The Labute approximate surface area is 177 Å². The number of carbonyl (C=O) groups is 1. The van der Waals surface area contributed by atoms with E-state index in [0.29, 0.717) is 6.07 Å². The predicted molar refractivity (Wildman–Crippen MR) is 111 cm³/mol. The molecule has 31 heavy (non-hydrogen) atoms. The Morgan fingerprint density at radius 1 is 1.13 bits per heavy atom. The number of rotatable bonds is 4. The summed E-state index contributed by atoms with van der Waals surface area (Å²) in [4.78, 5) is 32.9. The fourth-order valence-electron chi connectivity index (χ4n) is 3.44. The first kappa shape index (κ1) is 21.1. The molecule has 3 aromatic rings. The van der Waals surface area contributed by atoms with Gasteiger partial charge in [-0.1, -0.05) is 11.8 Å². The smallest absolute Gasteiger partial charge is 0.248 e. The second-order valence-electron chi connectivity index (χ2n) is 7.05. The fraction of sp³-hybridized carbons (Fsp3) is 0.190. The van der Waals surface area contributed by atoms with Crippen LogP contribution in [0.15, 0.2) is 46.2 Å². The van der Waals surface area contributed by atoms with Crippen molar-refractivity contribution in [3.63, 3.8) is 0 Å². The molecule has 0 saturated carbocycles. The summed E-state index contributed by atoms with van der Waals surface area (Å²) in [5, 5.41) is -0.481. The molecule has 1 N–H and O–H groups in total. The molecule has 0 radical (unpaired) electrons. The van der Waals surface area contributed by atoms with Crippen LogP contribution >= 0.6 is 11.8 Å². The second kappa shape index (κ2) is 8.18. The van der Waals surface area contributed by atoms with Crippen molar-refractivity contribution in [2.24, 2.45) is 4.99 Å². The Bertz CT molecular complexity index is 1260. The van der Waals surface area contributed by atoms with Crippen LogP contribution in [0.5, 0.6) is 0 Å². The van der Waals surface area contributed by atoms with Gasteiger partial charge in [0.2, 0.25) is 11.5 Å². The minimum atomic E-state index is -1.24. The molecule has 2 aromatic carbocycles. The van der Waals surface area contributed by atoms with Crippen LogP contribution in [-0.2, 0) is 11.3 Å². The minimum absolute atomic E-state index is 0.0711. The summed E-state index contributed by atoms with van der Waals surface area (Å²) in [7, 11) is 0. The number of nitrogens with one attached hydrogen (secondary N) is 1. The first-order chi connectivity index (χ1) is 14.7. The van der Waals surface area contributed by atoms with Gasteiger partial charge in [0.15, 0.2) is 11.6 Å². The average Bonchev–Trinajstić information content (AvgIpc) is 3.13. The van der Waals surface area contributed by atoms with Gasteiger partial charge in [0.05, 0.1) is 23.6 Å².